The Labute approximate surface area is 123 Å². The maximum Gasteiger partial charge on any atom is 0.224 e. The average molecular weight is 280 g/mol. The van der Waals surface area contributed by atoms with Gasteiger partial charge in [0.2, 0.25) is 5.91 Å². The number of hydrogen-bond acceptors (Lipinski definition) is 3. The van der Waals surface area contributed by atoms with Crippen LogP contribution in [0.2, 0.25) is 0 Å². The molecular formula is C16H16N4O. The highest BCUT2D eigenvalue weighted by molar-refractivity contribution is 5.79. The van der Waals surface area contributed by atoms with E-state index in [1.165, 1.54) is 5.56 Å². The Morgan fingerprint density at radius 2 is 2.14 bits per heavy atom. The zero-order valence-electron chi connectivity index (χ0n) is 11.8. The van der Waals surface area contributed by atoms with Crippen molar-refractivity contribution in [2.75, 3.05) is 7.05 Å². The lowest BCUT2D eigenvalue weighted by atomic mass is 9.97. The summed E-state index contributed by atoms with van der Waals surface area (Å²) in [5, 5.41) is 13.6. The SMILES string of the molecule is CN1C(=O)CC(C#N)C1c1cnn(Cc2ccccc2)c1. The number of carbonyl (C=O) groups excluding carboxylic acids is 1. The van der Waals surface area contributed by atoms with Gasteiger partial charge in [-0.3, -0.25) is 9.48 Å². The van der Waals surface area contributed by atoms with Crippen LogP contribution in [-0.2, 0) is 11.3 Å². The van der Waals surface area contributed by atoms with E-state index >= 15 is 0 Å². The minimum Gasteiger partial charge on any atom is -0.337 e. The van der Waals surface area contributed by atoms with E-state index in [1.807, 2.05) is 41.2 Å². The largest absolute Gasteiger partial charge is 0.337 e. The lowest BCUT2D eigenvalue weighted by molar-refractivity contribution is -0.127. The predicted molar refractivity (Wildman–Crippen MR) is 77.0 cm³/mol. The van der Waals surface area contributed by atoms with Gasteiger partial charge in [0.1, 0.15) is 0 Å². The van der Waals surface area contributed by atoms with E-state index in [4.69, 9.17) is 0 Å². The van der Waals surface area contributed by atoms with Gasteiger partial charge in [-0.25, -0.2) is 0 Å². The van der Waals surface area contributed by atoms with Gasteiger partial charge in [0.05, 0.1) is 30.8 Å². The first-order valence-electron chi connectivity index (χ1n) is 6.90. The Kier molecular flexibility index (Phi) is 3.44. The van der Waals surface area contributed by atoms with Crippen LogP contribution in [0.3, 0.4) is 0 Å². The zero-order chi connectivity index (χ0) is 14.8. The second kappa shape index (κ2) is 5.41. The van der Waals surface area contributed by atoms with Crippen LogP contribution < -0.4 is 0 Å². The van der Waals surface area contributed by atoms with E-state index in [1.54, 1.807) is 18.1 Å². The second-order valence-corrected chi connectivity index (χ2v) is 5.35. The molecule has 2 heterocycles. The third-order valence-electron chi connectivity index (χ3n) is 3.93. The third-order valence-corrected chi connectivity index (χ3v) is 3.93. The highest BCUT2D eigenvalue weighted by Gasteiger charge is 2.39. The molecule has 0 aliphatic carbocycles. The van der Waals surface area contributed by atoms with Crippen LogP contribution in [0, 0.1) is 17.2 Å². The summed E-state index contributed by atoms with van der Waals surface area (Å²) < 4.78 is 1.84. The molecule has 0 radical (unpaired) electrons. The Balaban J connectivity index is 1.82. The highest BCUT2D eigenvalue weighted by Crippen LogP contribution is 2.36. The number of carbonyl (C=O) groups is 1. The molecule has 0 N–H and O–H groups in total. The maximum atomic E-state index is 11.8. The monoisotopic (exact) mass is 280 g/mol. The van der Waals surface area contributed by atoms with E-state index in [2.05, 4.69) is 11.2 Å². The summed E-state index contributed by atoms with van der Waals surface area (Å²) in [5.41, 5.74) is 2.09. The lowest BCUT2D eigenvalue weighted by Gasteiger charge is -2.20. The van der Waals surface area contributed by atoms with Gasteiger partial charge in [-0.1, -0.05) is 30.3 Å². The number of likely N-dealkylation sites (tertiary alicyclic amines) is 1. The molecule has 0 bridgehead atoms. The fourth-order valence-electron chi connectivity index (χ4n) is 2.83. The fraction of sp³-hybridized carbons (Fsp3) is 0.312. The normalized spacial score (nSPS) is 21.5. The molecule has 1 aliphatic rings. The number of benzene rings is 1. The number of rotatable bonds is 3. The maximum absolute atomic E-state index is 11.8. The molecule has 1 amide bonds. The molecule has 2 aromatic rings. The van der Waals surface area contributed by atoms with Crippen molar-refractivity contribution >= 4 is 5.91 Å². The Morgan fingerprint density at radius 3 is 2.86 bits per heavy atom. The first-order chi connectivity index (χ1) is 10.2. The van der Waals surface area contributed by atoms with Crippen molar-refractivity contribution in [3.63, 3.8) is 0 Å². The molecule has 3 rings (SSSR count). The van der Waals surface area contributed by atoms with Crippen LogP contribution >= 0.6 is 0 Å². The molecular weight excluding hydrogens is 264 g/mol. The first kappa shape index (κ1) is 13.4. The molecule has 21 heavy (non-hydrogen) atoms. The van der Waals surface area contributed by atoms with Gasteiger partial charge in [0.15, 0.2) is 0 Å². The van der Waals surface area contributed by atoms with Crippen LogP contribution in [0.4, 0.5) is 0 Å². The van der Waals surface area contributed by atoms with Crippen molar-refractivity contribution in [1.82, 2.24) is 14.7 Å². The summed E-state index contributed by atoms with van der Waals surface area (Å²) in [5.74, 6) is -0.278. The van der Waals surface area contributed by atoms with Crippen molar-refractivity contribution < 1.29 is 4.79 Å². The molecule has 1 saturated heterocycles. The molecule has 2 atom stereocenters. The average Bonchev–Trinajstić information content (AvgIpc) is 3.05. The molecule has 1 aromatic carbocycles. The molecule has 1 aromatic heterocycles. The van der Waals surface area contributed by atoms with E-state index < -0.39 is 0 Å². The smallest absolute Gasteiger partial charge is 0.224 e. The Hall–Kier alpha value is -2.61. The predicted octanol–water partition coefficient (Wildman–Crippen LogP) is 1.97. The Bertz CT molecular complexity index is 686. The summed E-state index contributed by atoms with van der Waals surface area (Å²) in [6.45, 7) is 0.683. The molecule has 2 unspecified atom stereocenters. The standard InChI is InChI=1S/C16H16N4O/c1-19-15(21)7-13(8-17)16(19)14-9-18-20(11-14)10-12-5-3-2-4-6-12/h2-6,9,11,13,16H,7,10H2,1H3. The van der Waals surface area contributed by atoms with Crippen molar-refractivity contribution in [2.24, 2.45) is 5.92 Å². The van der Waals surface area contributed by atoms with Crippen LogP contribution in [-0.4, -0.2) is 27.6 Å². The summed E-state index contributed by atoms with van der Waals surface area (Å²) in [4.78, 5) is 13.4. The molecule has 0 spiro atoms. The van der Waals surface area contributed by atoms with Gasteiger partial charge in [-0.05, 0) is 5.56 Å². The topological polar surface area (TPSA) is 61.9 Å². The number of nitriles is 1. The van der Waals surface area contributed by atoms with E-state index in [-0.39, 0.29) is 17.9 Å². The van der Waals surface area contributed by atoms with Crippen molar-refractivity contribution in [3.05, 3.63) is 53.9 Å². The summed E-state index contributed by atoms with van der Waals surface area (Å²) >= 11 is 0. The van der Waals surface area contributed by atoms with Gasteiger partial charge in [0.25, 0.3) is 0 Å². The molecule has 0 saturated carbocycles. The summed E-state index contributed by atoms with van der Waals surface area (Å²) in [6.07, 6.45) is 3.98. The first-order valence-corrected chi connectivity index (χ1v) is 6.90. The number of hydrogen-bond donors (Lipinski definition) is 0. The highest BCUT2D eigenvalue weighted by atomic mass is 16.2. The van der Waals surface area contributed by atoms with Crippen molar-refractivity contribution in [3.8, 4) is 6.07 Å². The van der Waals surface area contributed by atoms with Crippen LogP contribution in [0.1, 0.15) is 23.6 Å². The third kappa shape index (κ3) is 2.52. The summed E-state index contributed by atoms with van der Waals surface area (Å²) in [7, 11) is 1.75. The van der Waals surface area contributed by atoms with Crippen LogP contribution in [0.5, 0.6) is 0 Å². The van der Waals surface area contributed by atoms with E-state index in [0.717, 1.165) is 5.56 Å². The lowest BCUT2D eigenvalue weighted by Crippen LogP contribution is -2.23. The molecule has 5 heteroatoms. The van der Waals surface area contributed by atoms with Gasteiger partial charge < -0.3 is 4.90 Å². The Morgan fingerprint density at radius 1 is 1.38 bits per heavy atom. The van der Waals surface area contributed by atoms with Gasteiger partial charge in [-0.2, -0.15) is 10.4 Å². The van der Waals surface area contributed by atoms with E-state index in [0.29, 0.717) is 13.0 Å². The van der Waals surface area contributed by atoms with Gasteiger partial charge in [0, 0.05) is 25.2 Å². The molecule has 106 valence electrons. The van der Waals surface area contributed by atoms with Crippen molar-refractivity contribution in [1.29, 1.82) is 5.26 Å². The quantitative estimate of drug-likeness (QED) is 0.863. The van der Waals surface area contributed by atoms with Crippen LogP contribution in [0.15, 0.2) is 42.7 Å². The van der Waals surface area contributed by atoms with Gasteiger partial charge >= 0.3 is 0 Å². The fourth-order valence-corrected chi connectivity index (χ4v) is 2.83. The minimum absolute atomic E-state index is 0.0161. The molecule has 1 aliphatic heterocycles. The second-order valence-electron chi connectivity index (χ2n) is 5.35. The molecule has 5 nitrogen and oxygen atoms in total. The van der Waals surface area contributed by atoms with Gasteiger partial charge in [-0.15, -0.1) is 0 Å². The van der Waals surface area contributed by atoms with Crippen molar-refractivity contribution in [2.45, 2.75) is 19.0 Å². The number of aromatic nitrogens is 2. The number of nitrogens with zero attached hydrogens (tertiary/aromatic N) is 4. The summed E-state index contributed by atoms with van der Waals surface area (Å²) in [6, 6.07) is 12.1. The van der Waals surface area contributed by atoms with E-state index in [9.17, 15) is 10.1 Å². The molecule has 1 fully saturated rings. The zero-order valence-corrected chi connectivity index (χ0v) is 11.8. The minimum atomic E-state index is -0.295. The van der Waals surface area contributed by atoms with Crippen LogP contribution in [0.25, 0.3) is 0 Å². The number of amides is 1.